The smallest absolute Gasteiger partial charge is 0.335 e. The molecule has 0 saturated carbocycles. The molecule has 20 heavy (non-hydrogen) atoms. The minimum Gasteiger partial charge on any atom is -0.478 e. The monoisotopic (exact) mass is 277 g/mol. The van der Waals surface area contributed by atoms with Gasteiger partial charge in [-0.3, -0.25) is 9.69 Å². The topological polar surface area (TPSA) is 66.8 Å². The Morgan fingerprint density at radius 1 is 1.35 bits per heavy atom. The van der Waals surface area contributed by atoms with Gasteiger partial charge in [-0.1, -0.05) is 12.1 Å². The van der Waals surface area contributed by atoms with Crippen molar-refractivity contribution in [2.24, 2.45) is 0 Å². The van der Waals surface area contributed by atoms with Gasteiger partial charge in [-0.2, -0.15) is 0 Å². The largest absolute Gasteiger partial charge is 0.478 e. The number of esters is 1. The number of hydrogen-bond acceptors (Lipinski definition) is 4. The number of carbonyl (C=O) groups is 2. The van der Waals surface area contributed by atoms with Crippen LogP contribution in [-0.2, 0) is 16.1 Å². The fourth-order valence-corrected chi connectivity index (χ4v) is 2.51. The molecule has 0 radical (unpaired) electrons. The van der Waals surface area contributed by atoms with Crippen LogP contribution in [-0.4, -0.2) is 41.1 Å². The molecule has 0 bridgehead atoms. The van der Waals surface area contributed by atoms with Gasteiger partial charge in [-0.05, 0) is 44.0 Å². The molecule has 2 rings (SSSR count). The Morgan fingerprint density at radius 2 is 2.05 bits per heavy atom. The summed E-state index contributed by atoms with van der Waals surface area (Å²) in [6.07, 6.45) is 1.81. The second kappa shape index (κ2) is 6.52. The third kappa shape index (κ3) is 3.36. The summed E-state index contributed by atoms with van der Waals surface area (Å²) in [5, 5.41) is 8.86. The van der Waals surface area contributed by atoms with E-state index in [0.29, 0.717) is 13.2 Å². The molecule has 0 aromatic heterocycles. The molecular weight excluding hydrogens is 258 g/mol. The van der Waals surface area contributed by atoms with E-state index in [4.69, 9.17) is 9.84 Å². The van der Waals surface area contributed by atoms with Crippen LogP contribution in [0.5, 0.6) is 0 Å². The van der Waals surface area contributed by atoms with Crippen molar-refractivity contribution in [1.29, 1.82) is 0 Å². The van der Waals surface area contributed by atoms with Gasteiger partial charge in [-0.15, -0.1) is 0 Å². The van der Waals surface area contributed by atoms with Crippen LogP contribution in [0.1, 0.15) is 35.7 Å². The molecule has 1 aromatic carbocycles. The number of aromatic carboxylic acids is 1. The Labute approximate surface area is 118 Å². The van der Waals surface area contributed by atoms with Crippen molar-refractivity contribution in [3.8, 4) is 0 Å². The van der Waals surface area contributed by atoms with E-state index in [1.165, 1.54) is 0 Å². The van der Waals surface area contributed by atoms with Crippen molar-refractivity contribution in [3.63, 3.8) is 0 Å². The SMILES string of the molecule is CCOC(=O)C1CCCN1Cc1ccc(C(=O)O)cc1. The molecule has 1 atom stereocenters. The summed E-state index contributed by atoms with van der Waals surface area (Å²) in [4.78, 5) is 24.7. The minimum atomic E-state index is -0.929. The lowest BCUT2D eigenvalue weighted by atomic mass is 10.1. The van der Waals surface area contributed by atoms with Crippen LogP contribution in [0.4, 0.5) is 0 Å². The first-order valence-electron chi connectivity index (χ1n) is 6.84. The molecule has 5 nitrogen and oxygen atoms in total. The maximum absolute atomic E-state index is 11.8. The molecule has 1 heterocycles. The Hall–Kier alpha value is -1.88. The molecule has 1 saturated heterocycles. The summed E-state index contributed by atoms with van der Waals surface area (Å²) in [6, 6.07) is 6.60. The van der Waals surface area contributed by atoms with Gasteiger partial charge in [0.2, 0.25) is 0 Å². The summed E-state index contributed by atoms with van der Waals surface area (Å²) in [6.45, 7) is 3.71. The summed E-state index contributed by atoms with van der Waals surface area (Å²) in [5.74, 6) is -1.09. The summed E-state index contributed by atoms with van der Waals surface area (Å²) in [5.41, 5.74) is 1.28. The first-order valence-corrected chi connectivity index (χ1v) is 6.84. The van der Waals surface area contributed by atoms with Gasteiger partial charge >= 0.3 is 11.9 Å². The maximum atomic E-state index is 11.8. The summed E-state index contributed by atoms with van der Waals surface area (Å²) in [7, 11) is 0. The van der Waals surface area contributed by atoms with E-state index >= 15 is 0 Å². The molecule has 1 unspecified atom stereocenters. The van der Waals surface area contributed by atoms with E-state index < -0.39 is 5.97 Å². The molecule has 108 valence electrons. The van der Waals surface area contributed by atoms with Gasteiger partial charge in [0.05, 0.1) is 12.2 Å². The predicted molar refractivity (Wildman–Crippen MR) is 73.5 cm³/mol. The lowest BCUT2D eigenvalue weighted by Crippen LogP contribution is -2.36. The van der Waals surface area contributed by atoms with Gasteiger partial charge in [0.25, 0.3) is 0 Å². The van der Waals surface area contributed by atoms with Crippen LogP contribution in [0, 0.1) is 0 Å². The zero-order valence-corrected chi connectivity index (χ0v) is 11.5. The highest BCUT2D eigenvalue weighted by molar-refractivity contribution is 5.87. The average Bonchev–Trinajstić information content (AvgIpc) is 2.88. The molecule has 1 fully saturated rings. The van der Waals surface area contributed by atoms with Crippen LogP contribution >= 0.6 is 0 Å². The zero-order chi connectivity index (χ0) is 14.5. The standard InChI is InChI=1S/C15H19NO4/c1-2-20-15(19)13-4-3-9-16(13)10-11-5-7-12(8-6-11)14(17)18/h5-8,13H,2-4,9-10H2,1H3,(H,17,18). The Balaban J connectivity index is 2.01. The molecular formula is C15H19NO4. The molecule has 1 aromatic rings. The molecule has 1 aliphatic heterocycles. The van der Waals surface area contributed by atoms with Crippen LogP contribution in [0.25, 0.3) is 0 Å². The fourth-order valence-electron chi connectivity index (χ4n) is 2.51. The number of benzene rings is 1. The van der Waals surface area contributed by atoms with E-state index in [1.54, 1.807) is 24.3 Å². The van der Waals surface area contributed by atoms with Gasteiger partial charge in [0.1, 0.15) is 6.04 Å². The predicted octanol–water partition coefficient (Wildman–Crippen LogP) is 1.91. The highest BCUT2D eigenvalue weighted by Crippen LogP contribution is 2.21. The number of likely N-dealkylation sites (tertiary alicyclic amines) is 1. The number of ether oxygens (including phenoxy) is 1. The van der Waals surface area contributed by atoms with Crippen LogP contribution in [0.2, 0.25) is 0 Å². The summed E-state index contributed by atoms with van der Waals surface area (Å²) < 4.78 is 5.09. The second-order valence-corrected chi connectivity index (χ2v) is 4.88. The molecule has 5 heteroatoms. The molecule has 0 aliphatic carbocycles. The number of carbonyl (C=O) groups excluding carboxylic acids is 1. The number of hydrogen-bond donors (Lipinski definition) is 1. The Kier molecular flexibility index (Phi) is 4.74. The van der Waals surface area contributed by atoms with Crippen LogP contribution in [0.15, 0.2) is 24.3 Å². The van der Waals surface area contributed by atoms with E-state index in [1.807, 2.05) is 6.92 Å². The molecule has 1 aliphatic rings. The number of carboxylic acids is 1. The van der Waals surface area contributed by atoms with Crippen molar-refractivity contribution in [2.45, 2.75) is 32.4 Å². The fraction of sp³-hybridized carbons (Fsp3) is 0.467. The molecule has 0 amide bonds. The number of rotatable bonds is 5. The lowest BCUT2D eigenvalue weighted by Gasteiger charge is -2.22. The Bertz CT molecular complexity index is 483. The third-order valence-electron chi connectivity index (χ3n) is 3.51. The normalized spacial score (nSPS) is 18.9. The molecule has 1 N–H and O–H groups in total. The van der Waals surface area contributed by atoms with Crippen LogP contribution < -0.4 is 0 Å². The third-order valence-corrected chi connectivity index (χ3v) is 3.51. The highest BCUT2D eigenvalue weighted by atomic mass is 16.5. The van der Waals surface area contributed by atoms with E-state index in [2.05, 4.69) is 4.90 Å². The quantitative estimate of drug-likeness (QED) is 0.833. The van der Waals surface area contributed by atoms with Crippen molar-refractivity contribution >= 4 is 11.9 Å². The Morgan fingerprint density at radius 3 is 2.65 bits per heavy atom. The van der Waals surface area contributed by atoms with Crippen molar-refractivity contribution in [3.05, 3.63) is 35.4 Å². The van der Waals surface area contributed by atoms with Gasteiger partial charge in [0.15, 0.2) is 0 Å². The average molecular weight is 277 g/mol. The minimum absolute atomic E-state index is 0.160. The maximum Gasteiger partial charge on any atom is 0.335 e. The van der Waals surface area contributed by atoms with Gasteiger partial charge in [0, 0.05) is 6.54 Å². The lowest BCUT2D eigenvalue weighted by molar-refractivity contribution is -0.148. The van der Waals surface area contributed by atoms with Crippen molar-refractivity contribution in [1.82, 2.24) is 4.90 Å². The van der Waals surface area contributed by atoms with E-state index in [9.17, 15) is 9.59 Å². The zero-order valence-electron chi connectivity index (χ0n) is 11.5. The number of carboxylic acid groups (broad SMARTS) is 1. The van der Waals surface area contributed by atoms with E-state index in [0.717, 1.165) is 24.9 Å². The van der Waals surface area contributed by atoms with Crippen LogP contribution in [0.3, 0.4) is 0 Å². The highest BCUT2D eigenvalue weighted by Gasteiger charge is 2.31. The molecule has 0 spiro atoms. The van der Waals surface area contributed by atoms with Gasteiger partial charge < -0.3 is 9.84 Å². The first kappa shape index (κ1) is 14.5. The van der Waals surface area contributed by atoms with E-state index in [-0.39, 0.29) is 17.6 Å². The first-order chi connectivity index (χ1) is 9.61. The summed E-state index contributed by atoms with van der Waals surface area (Å²) >= 11 is 0. The van der Waals surface area contributed by atoms with Crippen molar-refractivity contribution in [2.75, 3.05) is 13.2 Å². The number of nitrogens with zero attached hydrogens (tertiary/aromatic N) is 1. The van der Waals surface area contributed by atoms with Gasteiger partial charge in [-0.25, -0.2) is 4.79 Å². The van der Waals surface area contributed by atoms with Crippen molar-refractivity contribution < 1.29 is 19.4 Å². The second-order valence-electron chi connectivity index (χ2n) is 4.88.